The Kier molecular flexibility index (Phi) is 7.84. The van der Waals surface area contributed by atoms with Crippen LogP contribution in [0.25, 0.3) is 11.0 Å². The predicted octanol–water partition coefficient (Wildman–Crippen LogP) is 4.30. The molecule has 0 aliphatic rings. The lowest BCUT2D eigenvalue weighted by atomic mass is 10.2. The van der Waals surface area contributed by atoms with Crippen molar-refractivity contribution >= 4 is 28.8 Å². The van der Waals surface area contributed by atoms with E-state index < -0.39 is 10.7 Å². The number of thioether (sulfide) groups is 1. The van der Waals surface area contributed by atoms with E-state index in [1.807, 2.05) is 38.1 Å². The van der Waals surface area contributed by atoms with Gasteiger partial charge in [0.15, 0.2) is 5.52 Å². The number of rotatable bonds is 11. The number of hydrogen-bond donors (Lipinski definition) is 1. The Balaban J connectivity index is 1.64. The van der Waals surface area contributed by atoms with Crippen LogP contribution in [0.2, 0.25) is 0 Å². The van der Waals surface area contributed by atoms with Gasteiger partial charge in [0.1, 0.15) is 21.8 Å². The van der Waals surface area contributed by atoms with Crippen LogP contribution in [0.15, 0.2) is 34.0 Å². The summed E-state index contributed by atoms with van der Waals surface area (Å²) in [6, 6.07) is 7.38. The van der Waals surface area contributed by atoms with Crippen molar-refractivity contribution in [2.24, 2.45) is 0 Å². The minimum atomic E-state index is -0.896. The summed E-state index contributed by atoms with van der Waals surface area (Å²) in [6.07, 6.45) is 2.41. The zero-order valence-electron chi connectivity index (χ0n) is 19.9. The minimum absolute atomic E-state index is 0.0587. The number of aromatic nitrogens is 4. The first-order valence-corrected chi connectivity index (χ1v) is 12.1. The molecule has 0 saturated carbocycles. The van der Waals surface area contributed by atoms with Gasteiger partial charge < -0.3 is 9.84 Å². The van der Waals surface area contributed by atoms with E-state index in [1.54, 1.807) is 23.1 Å². The Morgan fingerprint density at radius 3 is 2.52 bits per heavy atom. The van der Waals surface area contributed by atoms with Gasteiger partial charge in [-0.15, -0.1) is 11.8 Å². The SMILES string of the molecule is CCCc1nn(CC)c2c(=O)n(CCCOc3ccc(SC(C)(C)C(=O)O)cc3)c(C)nc12. The molecule has 1 aromatic carbocycles. The highest BCUT2D eigenvalue weighted by atomic mass is 32.2. The van der Waals surface area contributed by atoms with Crippen molar-refractivity contribution in [2.45, 2.75) is 76.6 Å². The van der Waals surface area contributed by atoms with Crippen molar-refractivity contribution in [3.05, 3.63) is 46.1 Å². The van der Waals surface area contributed by atoms with Crippen molar-refractivity contribution in [1.29, 1.82) is 0 Å². The minimum Gasteiger partial charge on any atom is -0.494 e. The van der Waals surface area contributed by atoms with Crippen LogP contribution in [0.5, 0.6) is 5.75 Å². The van der Waals surface area contributed by atoms with Gasteiger partial charge in [-0.1, -0.05) is 13.3 Å². The highest BCUT2D eigenvalue weighted by Gasteiger charge is 2.28. The van der Waals surface area contributed by atoms with Crippen LogP contribution in [-0.2, 0) is 24.3 Å². The van der Waals surface area contributed by atoms with Crippen LogP contribution in [0.4, 0.5) is 0 Å². The van der Waals surface area contributed by atoms with Crippen LogP contribution < -0.4 is 10.3 Å². The molecule has 0 radical (unpaired) electrons. The summed E-state index contributed by atoms with van der Waals surface area (Å²) in [4.78, 5) is 30.1. The van der Waals surface area contributed by atoms with Crippen LogP contribution >= 0.6 is 11.8 Å². The number of carboxylic acid groups (broad SMARTS) is 1. The van der Waals surface area contributed by atoms with Crippen molar-refractivity contribution in [1.82, 2.24) is 19.3 Å². The maximum absolute atomic E-state index is 13.2. The monoisotopic (exact) mass is 472 g/mol. The number of benzene rings is 1. The lowest BCUT2D eigenvalue weighted by Gasteiger charge is -2.18. The highest BCUT2D eigenvalue weighted by Crippen LogP contribution is 2.33. The Labute approximate surface area is 198 Å². The number of carboxylic acids is 1. The maximum Gasteiger partial charge on any atom is 0.319 e. The molecule has 0 aliphatic heterocycles. The Bertz CT molecular complexity index is 1180. The third-order valence-corrected chi connectivity index (χ3v) is 6.59. The summed E-state index contributed by atoms with van der Waals surface area (Å²) in [5.41, 5.74) is 2.12. The van der Waals surface area contributed by atoms with Gasteiger partial charge in [0, 0.05) is 18.0 Å². The number of fused-ring (bicyclic) bond motifs is 1. The zero-order chi connectivity index (χ0) is 24.2. The second-order valence-corrected chi connectivity index (χ2v) is 10.1. The first kappa shape index (κ1) is 24.8. The van der Waals surface area contributed by atoms with Crippen LogP contribution in [-0.4, -0.2) is 41.8 Å². The van der Waals surface area contributed by atoms with Gasteiger partial charge in [-0.3, -0.25) is 18.8 Å². The number of ether oxygens (including phenoxy) is 1. The van der Waals surface area contributed by atoms with E-state index in [2.05, 4.69) is 12.0 Å². The standard InChI is InChI=1S/C24H32N4O4S/c1-6-9-19-20-21(28(7-2)26-19)22(29)27(16(3)25-20)14-8-15-32-17-10-12-18(13-11-17)33-24(4,5)23(30)31/h10-13H,6-9,14-15H2,1-5H3,(H,30,31). The molecule has 0 bridgehead atoms. The molecule has 33 heavy (non-hydrogen) atoms. The normalized spacial score (nSPS) is 11.8. The molecule has 178 valence electrons. The summed E-state index contributed by atoms with van der Waals surface area (Å²) in [5, 5.41) is 13.9. The van der Waals surface area contributed by atoms with Gasteiger partial charge in [-0.25, -0.2) is 4.98 Å². The van der Waals surface area contributed by atoms with Gasteiger partial charge in [0.2, 0.25) is 0 Å². The summed E-state index contributed by atoms with van der Waals surface area (Å²) < 4.78 is 8.39. The number of carbonyl (C=O) groups is 1. The second kappa shape index (κ2) is 10.4. The molecule has 0 fully saturated rings. The molecule has 8 nitrogen and oxygen atoms in total. The number of aryl methyl sites for hydroxylation is 3. The number of hydrogen-bond acceptors (Lipinski definition) is 6. The summed E-state index contributed by atoms with van der Waals surface area (Å²) in [6.45, 7) is 10.9. The Hall–Kier alpha value is -2.81. The molecule has 2 heterocycles. The smallest absolute Gasteiger partial charge is 0.319 e. The lowest BCUT2D eigenvalue weighted by molar-refractivity contribution is -0.138. The first-order chi connectivity index (χ1) is 15.7. The third-order valence-electron chi connectivity index (χ3n) is 5.40. The first-order valence-electron chi connectivity index (χ1n) is 11.3. The average Bonchev–Trinajstić information content (AvgIpc) is 3.11. The summed E-state index contributed by atoms with van der Waals surface area (Å²) in [7, 11) is 0. The van der Waals surface area contributed by atoms with E-state index in [1.165, 1.54) is 11.8 Å². The van der Waals surface area contributed by atoms with E-state index in [-0.39, 0.29) is 5.56 Å². The Morgan fingerprint density at radius 1 is 1.21 bits per heavy atom. The average molecular weight is 473 g/mol. The van der Waals surface area contributed by atoms with E-state index in [4.69, 9.17) is 9.72 Å². The summed E-state index contributed by atoms with van der Waals surface area (Å²) in [5.74, 6) is 0.538. The molecule has 9 heteroatoms. The van der Waals surface area contributed by atoms with Gasteiger partial charge in [-0.05, 0) is 64.8 Å². The molecule has 0 unspecified atom stereocenters. The number of nitrogens with zero attached hydrogens (tertiary/aromatic N) is 4. The molecule has 0 spiro atoms. The van der Waals surface area contributed by atoms with Gasteiger partial charge in [-0.2, -0.15) is 5.10 Å². The molecule has 0 amide bonds. The lowest BCUT2D eigenvalue weighted by Crippen LogP contribution is -2.26. The predicted molar refractivity (Wildman–Crippen MR) is 130 cm³/mol. The highest BCUT2D eigenvalue weighted by molar-refractivity contribution is 8.01. The van der Waals surface area contributed by atoms with Crippen LogP contribution in [0, 0.1) is 6.92 Å². The fraction of sp³-hybridized carbons (Fsp3) is 0.500. The van der Waals surface area contributed by atoms with Crippen molar-refractivity contribution in [3.63, 3.8) is 0 Å². The number of aliphatic carboxylic acids is 1. The summed E-state index contributed by atoms with van der Waals surface area (Å²) >= 11 is 1.29. The quantitative estimate of drug-likeness (QED) is 0.328. The fourth-order valence-corrected chi connectivity index (χ4v) is 4.53. The van der Waals surface area contributed by atoms with Crippen LogP contribution in [0.1, 0.15) is 52.1 Å². The third kappa shape index (κ3) is 5.58. The van der Waals surface area contributed by atoms with Gasteiger partial charge in [0.25, 0.3) is 5.56 Å². The molecule has 2 aromatic heterocycles. The van der Waals surface area contributed by atoms with E-state index in [9.17, 15) is 14.7 Å². The molecular formula is C24H32N4O4S. The molecule has 0 saturated heterocycles. The van der Waals surface area contributed by atoms with Crippen molar-refractivity contribution in [3.8, 4) is 5.75 Å². The van der Waals surface area contributed by atoms with Gasteiger partial charge >= 0.3 is 5.97 Å². The molecule has 3 aromatic rings. The maximum atomic E-state index is 13.2. The van der Waals surface area contributed by atoms with Crippen molar-refractivity contribution < 1.29 is 14.6 Å². The van der Waals surface area contributed by atoms with E-state index in [0.717, 1.165) is 28.9 Å². The molecule has 0 aliphatic carbocycles. The van der Waals surface area contributed by atoms with Crippen molar-refractivity contribution in [2.75, 3.05) is 6.61 Å². The largest absolute Gasteiger partial charge is 0.494 e. The van der Waals surface area contributed by atoms with Gasteiger partial charge in [0.05, 0.1) is 12.3 Å². The van der Waals surface area contributed by atoms with E-state index >= 15 is 0 Å². The fourth-order valence-electron chi connectivity index (χ4n) is 3.58. The molecule has 0 atom stereocenters. The second-order valence-electron chi connectivity index (χ2n) is 8.42. The molecule has 1 N–H and O–H groups in total. The van der Waals surface area contributed by atoms with E-state index in [0.29, 0.717) is 43.2 Å². The topological polar surface area (TPSA) is 99.2 Å². The molecular weight excluding hydrogens is 440 g/mol. The van der Waals surface area contributed by atoms with Crippen LogP contribution in [0.3, 0.4) is 0 Å². The Morgan fingerprint density at radius 2 is 1.91 bits per heavy atom. The zero-order valence-corrected chi connectivity index (χ0v) is 20.7. The molecule has 3 rings (SSSR count).